The van der Waals surface area contributed by atoms with Gasteiger partial charge in [-0.05, 0) is 36.1 Å². The fourth-order valence-corrected chi connectivity index (χ4v) is 2.58. The number of thioether (sulfide) groups is 1. The molecule has 0 spiro atoms. The zero-order chi connectivity index (χ0) is 13.5. The molecule has 0 unspecified atom stereocenters. The molecule has 0 saturated heterocycles. The molecule has 0 aliphatic heterocycles. The third-order valence-electron chi connectivity index (χ3n) is 2.44. The van der Waals surface area contributed by atoms with Crippen molar-refractivity contribution in [2.24, 2.45) is 5.73 Å². The monoisotopic (exact) mass is 386 g/mol. The predicted octanol–water partition coefficient (Wildman–Crippen LogP) is 3.22. The van der Waals surface area contributed by atoms with Gasteiger partial charge in [0.15, 0.2) is 0 Å². The highest BCUT2D eigenvalue weighted by atomic mass is 79.9. The average molecular weight is 388 g/mol. The van der Waals surface area contributed by atoms with Crippen LogP contribution in [0.25, 0.3) is 0 Å². The van der Waals surface area contributed by atoms with Crippen LogP contribution >= 0.6 is 51.7 Å². The Morgan fingerprint density at radius 2 is 2.26 bits per heavy atom. The first-order chi connectivity index (χ1) is 8.54. The Labute approximate surface area is 137 Å². The van der Waals surface area contributed by atoms with Gasteiger partial charge in [0.05, 0.1) is 6.04 Å². The predicted molar refractivity (Wildman–Crippen MR) is 89.2 cm³/mol. The van der Waals surface area contributed by atoms with E-state index in [4.69, 9.17) is 17.3 Å². The van der Waals surface area contributed by atoms with Gasteiger partial charge in [-0.15, -0.1) is 12.4 Å². The number of carbonyl (C=O) groups is 1. The second-order valence-corrected chi connectivity index (χ2v) is 6.15. The van der Waals surface area contributed by atoms with Crippen LogP contribution in [0.3, 0.4) is 0 Å². The van der Waals surface area contributed by atoms with E-state index in [0.29, 0.717) is 18.0 Å². The van der Waals surface area contributed by atoms with Crippen LogP contribution in [0.2, 0.25) is 5.02 Å². The maximum atomic E-state index is 11.7. The van der Waals surface area contributed by atoms with Gasteiger partial charge in [0.25, 0.3) is 0 Å². The number of nitrogens with two attached hydrogens (primary N) is 1. The van der Waals surface area contributed by atoms with Gasteiger partial charge in [-0.2, -0.15) is 11.8 Å². The number of nitrogens with one attached hydrogen (secondary N) is 1. The highest BCUT2D eigenvalue weighted by molar-refractivity contribution is 9.10. The van der Waals surface area contributed by atoms with Crippen LogP contribution in [-0.4, -0.2) is 24.0 Å². The zero-order valence-corrected chi connectivity index (χ0v) is 14.5. The SMILES string of the molecule is CSCC[C@H](N)C(=O)NCc1ccc(Br)cc1Cl.Cl. The van der Waals surface area contributed by atoms with Crippen molar-refractivity contribution in [2.45, 2.75) is 19.0 Å². The van der Waals surface area contributed by atoms with Crippen LogP contribution in [0.5, 0.6) is 0 Å². The molecule has 108 valence electrons. The molecule has 0 aliphatic rings. The number of hydrogen-bond acceptors (Lipinski definition) is 3. The molecule has 3 nitrogen and oxygen atoms in total. The Balaban J connectivity index is 0.00000324. The third kappa shape index (κ3) is 6.86. The summed E-state index contributed by atoms with van der Waals surface area (Å²) in [6, 6.07) is 5.12. The van der Waals surface area contributed by atoms with Crippen molar-refractivity contribution in [3.05, 3.63) is 33.3 Å². The van der Waals surface area contributed by atoms with E-state index in [9.17, 15) is 4.79 Å². The van der Waals surface area contributed by atoms with E-state index in [1.54, 1.807) is 17.8 Å². The van der Waals surface area contributed by atoms with E-state index in [1.807, 2.05) is 18.4 Å². The molecule has 0 bridgehead atoms. The molecule has 0 saturated carbocycles. The molecule has 0 radical (unpaired) electrons. The van der Waals surface area contributed by atoms with Crippen molar-refractivity contribution in [3.63, 3.8) is 0 Å². The largest absolute Gasteiger partial charge is 0.351 e. The van der Waals surface area contributed by atoms with Crippen molar-refractivity contribution >= 4 is 57.6 Å². The lowest BCUT2D eigenvalue weighted by Gasteiger charge is -2.12. The Bertz CT molecular complexity index is 421. The number of rotatable bonds is 6. The smallest absolute Gasteiger partial charge is 0.237 e. The summed E-state index contributed by atoms with van der Waals surface area (Å²) in [7, 11) is 0. The third-order valence-corrected chi connectivity index (χ3v) is 3.93. The van der Waals surface area contributed by atoms with E-state index >= 15 is 0 Å². The minimum Gasteiger partial charge on any atom is -0.351 e. The summed E-state index contributed by atoms with van der Waals surface area (Å²) in [4.78, 5) is 11.7. The maximum absolute atomic E-state index is 11.7. The van der Waals surface area contributed by atoms with Crippen LogP contribution < -0.4 is 11.1 Å². The molecule has 1 rings (SSSR count). The molecule has 7 heteroatoms. The van der Waals surface area contributed by atoms with Crippen LogP contribution in [0.15, 0.2) is 22.7 Å². The van der Waals surface area contributed by atoms with Gasteiger partial charge in [-0.1, -0.05) is 33.6 Å². The van der Waals surface area contributed by atoms with Gasteiger partial charge in [0.2, 0.25) is 5.91 Å². The lowest BCUT2D eigenvalue weighted by molar-refractivity contribution is -0.122. The van der Waals surface area contributed by atoms with Gasteiger partial charge in [0, 0.05) is 16.0 Å². The van der Waals surface area contributed by atoms with Crippen LogP contribution in [0.4, 0.5) is 0 Å². The van der Waals surface area contributed by atoms with Crippen molar-refractivity contribution < 1.29 is 4.79 Å². The van der Waals surface area contributed by atoms with E-state index in [2.05, 4.69) is 21.2 Å². The number of benzene rings is 1. The Kier molecular flexibility index (Phi) is 9.92. The molecular formula is C12H17BrCl2N2OS. The minimum atomic E-state index is -0.452. The van der Waals surface area contributed by atoms with Crippen LogP contribution in [-0.2, 0) is 11.3 Å². The first-order valence-corrected chi connectivity index (χ1v) is 8.07. The normalized spacial score (nSPS) is 11.6. The Morgan fingerprint density at radius 1 is 1.58 bits per heavy atom. The number of halogens is 3. The van der Waals surface area contributed by atoms with Crippen LogP contribution in [0, 0.1) is 0 Å². The number of amides is 1. The molecule has 0 aliphatic carbocycles. The van der Waals surface area contributed by atoms with Crippen molar-refractivity contribution in [1.82, 2.24) is 5.32 Å². The average Bonchev–Trinajstić information content (AvgIpc) is 2.34. The maximum Gasteiger partial charge on any atom is 0.237 e. The molecule has 0 heterocycles. The summed E-state index contributed by atoms with van der Waals surface area (Å²) in [5.41, 5.74) is 6.64. The van der Waals surface area contributed by atoms with E-state index in [-0.39, 0.29) is 18.3 Å². The number of hydrogen-bond donors (Lipinski definition) is 2. The second-order valence-electron chi connectivity index (χ2n) is 3.84. The Hall–Kier alpha value is 0.0600. The molecule has 19 heavy (non-hydrogen) atoms. The number of carbonyl (C=O) groups excluding carboxylic acids is 1. The summed E-state index contributed by atoms with van der Waals surface area (Å²) in [5.74, 6) is 0.746. The van der Waals surface area contributed by atoms with Crippen molar-refractivity contribution in [2.75, 3.05) is 12.0 Å². The van der Waals surface area contributed by atoms with Gasteiger partial charge < -0.3 is 11.1 Å². The quantitative estimate of drug-likeness (QED) is 0.787. The van der Waals surface area contributed by atoms with E-state index < -0.39 is 6.04 Å². The summed E-state index contributed by atoms with van der Waals surface area (Å²) < 4.78 is 0.916. The standard InChI is InChI=1S/C12H16BrClN2OS.ClH/c1-18-5-4-11(15)12(17)16-7-8-2-3-9(13)6-10(8)14;/h2-3,6,11H,4-5,7,15H2,1H3,(H,16,17);1H/t11-;/m0./s1. The fraction of sp³-hybridized carbons (Fsp3) is 0.417. The lowest BCUT2D eigenvalue weighted by atomic mass is 10.2. The van der Waals surface area contributed by atoms with Crippen LogP contribution in [0.1, 0.15) is 12.0 Å². The highest BCUT2D eigenvalue weighted by Crippen LogP contribution is 2.21. The first kappa shape index (κ1) is 19.1. The fourth-order valence-electron chi connectivity index (χ4n) is 1.35. The Morgan fingerprint density at radius 3 is 2.84 bits per heavy atom. The van der Waals surface area contributed by atoms with Gasteiger partial charge in [-0.25, -0.2) is 0 Å². The zero-order valence-electron chi connectivity index (χ0n) is 10.5. The first-order valence-electron chi connectivity index (χ1n) is 5.50. The molecule has 1 aromatic rings. The van der Waals surface area contributed by atoms with E-state index in [1.165, 1.54) is 0 Å². The molecular weight excluding hydrogens is 371 g/mol. The lowest BCUT2D eigenvalue weighted by Crippen LogP contribution is -2.40. The molecule has 1 amide bonds. The molecule has 3 N–H and O–H groups in total. The molecule has 0 fully saturated rings. The van der Waals surface area contributed by atoms with Gasteiger partial charge in [-0.3, -0.25) is 4.79 Å². The second kappa shape index (κ2) is 9.88. The van der Waals surface area contributed by atoms with Crippen molar-refractivity contribution in [1.29, 1.82) is 0 Å². The topological polar surface area (TPSA) is 55.1 Å². The van der Waals surface area contributed by atoms with Crippen molar-refractivity contribution in [3.8, 4) is 0 Å². The summed E-state index contributed by atoms with van der Waals surface area (Å²) in [5, 5.41) is 3.42. The highest BCUT2D eigenvalue weighted by Gasteiger charge is 2.12. The molecule has 1 aromatic carbocycles. The summed E-state index contributed by atoms with van der Waals surface area (Å²) in [6.45, 7) is 0.401. The van der Waals surface area contributed by atoms with E-state index in [0.717, 1.165) is 15.8 Å². The summed E-state index contributed by atoms with van der Waals surface area (Å²) >= 11 is 11.1. The molecule has 1 atom stereocenters. The van der Waals surface area contributed by atoms with Gasteiger partial charge in [0.1, 0.15) is 0 Å². The van der Waals surface area contributed by atoms with Gasteiger partial charge >= 0.3 is 0 Å². The molecule has 0 aromatic heterocycles. The summed E-state index contributed by atoms with van der Waals surface area (Å²) in [6.07, 6.45) is 2.67. The minimum absolute atomic E-state index is 0.